The number of carbonyl (C=O) groups excluding carboxylic acids is 1. The van der Waals surface area contributed by atoms with Gasteiger partial charge in [-0.15, -0.1) is 0 Å². The number of benzene rings is 2. The Kier molecular flexibility index (Phi) is 4.85. The fourth-order valence-corrected chi connectivity index (χ4v) is 4.02. The minimum absolute atomic E-state index is 0.0433. The van der Waals surface area contributed by atoms with Crippen molar-refractivity contribution >= 4 is 34.1 Å². The minimum atomic E-state index is 0.0433. The van der Waals surface area contributed by atoms with E-state index in [4.69, 9.17) is 0 Å². The van der Waals surface area contributed by atoms with Crippen molar-refractivity contribution in [2.45, 2.75) is 19.9 Å². The molecule has 158 valence electrons. The fraction of sp³-hybridized carbons (Fsp3) is 0.318. The number of nitrogens with one attached hydrogen (secondary N) is 1. The first kappa shape index (κ1) is 19.2. The molecule has 0 aliphatic carbocycles. The second-order valence-electron chi connectivity index (χ2n) is 7.86. The lowest BCUT2D eigenvalue weighted by Gasteiger charge is -2.35. The van der Waals surface area contributed by atoms with Crippen molar-refractivity contribution in [3.63, 3.8) is 0 Å². The number of carbonyl (C=O) groups is 1. The van der Waals surface area contributed by atoms with Gasteiger partial charge in [-0.3, -0.25) is 4.79 Å². The van der Waals surface area contributed by atoms with E-state index < -0.39 is 0 Å². The highest BCUT2D eigenvalue weighted by Gasteiger charge is 2.22. The molecule has 2 aromatic carbocycles. The van der Waals surface area contributed by atoms with E-state index in [1.54, 1.807) is 11.4 Å². The highest BCUT2D eigenvalue weighted by Crippen LogP contribution is 2.26. The third-order valence-corrected chi connectivity index (χ3v) is 5.85. The first-order valence-electron chi connectivity index (χ1n) is 10.4. The van der Waals surface area contributed by atoms with Crippen molar-refractivity contribution in [2.75, 3.05) is 36.4 Å². The van der Waals surface area contributed by atoms with Gasteiger partial charge in [-0.25, -0.2) is 0 Å². The van der Waals surface area contributed by atoms with Crippen LogP contribution in [-0.4, -0.2) is 62.0 Å². The van der Waals surface area contributed by atoms with Crippen LogP contribution in [0.5, 0.6) is 0 Å². The molecular formula is C22H24N8O. The summed E-state index contributed by atoms with van der Waals surface area (Å²) in [5.41, 5.74) is 1.17. The molecule has 1 amide bonds. The lowest BCUT2D eigenvalue weighted by molar-refractivity contribution is -0.129. The highest BCUT2D eigenvalue weighted by atomic mass is 16.2. The summed E-state index contributed by atoms with van der Waals surface area (Å²) in [7, 11) is 0. The number of anilines is 2. The van der Waals surface area contributed by atoms with Crippen LogP contribution in [-0.2, 0) is 4.79 Å². The zero-order valence-corrected chi connectivity index (χ0v) is 17.6. The third-order valence-electron chi connectivity index (χ3n) is 5.85. The van der Waals surface area contributed by atoms with Crippen molar-refractivity contribution in [3.8, 4) is 0 Å². The van der Waals surface area contributed by atoms with Gasteiger partial charge >= 0.3 is 0 Å². The van der Waals surface area contributed by atoms with E-state index in [1.165, 1.54) is 16.3 Å². The molecule has 5 rings (SSSR count). The summed E-state index contributed by atoms with van der Waals surface area (Å²) in [6, 6.07) is 16.8. The number of piperazine rings is 1. The van der Waals surface area contributed by atoms with Crippen LogP contribution in [0.2, 0.25) is 0 Å². The van der Waals surface area contributed by atoms with E-state index in [0.29, 0.717) is 18.9 Å². The highest BCUT2D eigenvalue weighted by molar-refractivity contribution is 5.83. The molecule has 2 aromatic heterocycles. The van der Waals surface area contributed by atoms with Crippen LogP contribution < -0.4 is 10.2 Å². The van der Waals surface area contributed by atoms with Crippen LogP contribution in [0.4, 0.5) is 11.6 Å². The molecule has 1 saturated heterocycles. The Morgan fingerprint density at radius 3 is 2.58 bits per heavy atom. The van der Waals surface area contributed by atoms with E-state index in [0.717, 1.165) is 24.7 Å². The average Bonchev–Trinajstić information content (AvgIpc) is 3.28. The molecule has 0 radical (unpaired) electrons. The van der Waals surface area contributed by atoms with Gasteiger partial charge in [0.1, 0.15) is 11.6 Å². The van der Waals surface area contributed by atoms with Gasteiger partial charge in [-0.05, 0) is 39.8 Å². The standard InChI is InChI=1S/C22H24N8O/c1-15(18-8-7-17-5-3-4-6-19(17)13-18)23-21-14-20(24-22-25-26-27-30(21)22)29-11-9-28(10-12-29)16(2)31/h3-8,13-15,23H,9-12H2,1-2H3/t15-/m1/s1. The van der Waals surface area contributed by atoms with Crippen LogP contribution in [0.3, 0.4) is 0 Å². The number of aromatic nitrogens is 5. The van der Waals surface area contributed by atoms with Gasteiger partial charge < -0.3 is 15.1 Å². The van der Waals surface area contributed by atoms with E-state index in [-0.39, 0.29) is 11.9 Å². The summed E-state index contributed by atoms with van der Waals surface area (Å²) in [4.78, 5) is 20.3. The van der Waals surface area contributed by atoms with Crippen molar-refractivity contribution < 1.29 is 4.79 Å². The summed E-state index contributed by atoms with van der Waals surface area (Å²) < 4.78 is 1.62. The number of hydrogen-bond acceptors (Lipinski definition) is 7. The first-order chi connectivity index (χ1) is 15.1. The van der Waals surface area contributed by atoms with Crippen LogP contribution in [0.15, 0.2) is 48.5 Å². The lowest BCUT2D eigenvalue weighted by atomic mass is 10.0. The fourth-order valence-electron chi connectivity index (χ4n) is 4.02. The predicted octanol–water partition coefficient (Wildman–Crippen LogP) is 2.51. The van der Waals surface area contributed by atoms with E-state index >= 15 is 0 Å². The summed E-state index contributed by atoms with van der Waals surface area (Å²) in [6.07, 6.45) is 0. The van der Waals surface area contributed by atoms with Crippen LogP contribution in [0.25, 0.3) is 16.6 Å². The van der Waals surface area contributed by atoms with Gasteiger partial charge in [0.15, 0.2) is 0 Å². The summed E-state index contributed by atoms with van der Waals surface area (Å²) in [5, 5.41) is 17.9. The zero-order chi connectivity index (χ0) is 21.4. The number of nitrogens with zero attached hydrogens (tertiary/aromatic N) is 7. The average molecular weight is 416 g/mol. The van der Waals surface area contributed by atoms with E-state index in [1.807, 2.05) is 17.0 Å². The zero-order valence-electron chi connectivity index (χ0n) is 17.6. The molecule has 1 atom stereocenters. The minimum Gasteiger partial charge on any atom is -0.363 e. The van der Waals surface area contributed by atoms with Crippen molar-refractivity contribution in [1.82, 2.24) is 29.9 Å². The Bertz CT molecular complexity index is 1240. The summed E-state index contributed by atoms with van der Waals surface area (Å²) in [6.45, 7) is 6.55. The van der Waals surface area contributed by atoms with Crippen molar-refractivity contribution in [3.05, 3.63) is 54.1 Å². The smallest absolute Gasteiger partial charge is 0.277 e. The quantitative estimate of drug-likeness (QED) is 0.546. The Morgan fingerprint density at radius 2 is 1.81 bits per heavy atom. The third kappa shape index (κ3) is 3.74. The summed E-state index contributed by atoms with van der Waals surface area (Å²) >= 11 is 0. The molecule has 1 fully saturated rings. The normalized spacial score (nSPS) is 15.4. The molecule has 3 heterocycles. The number of tetrazole rings is 1. The molecule has 0 unspecified atom stereocenters. The lowest BCUT2D eigenvalue weighted by Crippen LogP contribution is -2.48. The Hall–Kier alpha value is -3.75. The second-order valence-corrected chi connectivity index (χ2v) is 7.86. The number of hydrogen-bond donors (Lipinski definition) is 1. The Morgan fingerprint density at radius 1 is 1.03 bits per heavy atom. The molecule has 1 aliphatic heterocycles. The molecule has 1 N–H and O–H groups in total. The maximum atomic E-state index is 11.6. The SMILES string of the molecule is CC(=O)N1CCN(c2cc(N[C@H](C)c3ccc4ccccc4c3)n3nnnc3n2)CC1. The van der Waals surface area contributed by atoms with Gasteiger partial charge in [-0.1, -0.05) is 41.5 Å². The Labute approximate surface area is 179 Å². The van der Waals surface area contributed by atoms with Crippen molar-refractivity contribution in [2.24, 2.45) is 0 Å². The molecule has 0 bridgehead atoms. The predicted molar refractivity (Wildman–Crippen MR) is 119 cm³/mol. The van der Waals surface area contributed by atoms with Gasteiger partial charge in [0, 0.05) is 45.2 Å². The summed E-state index contributed by atoms with van der Waals surface area (Å²) in [5.74, 6) is 2.13. The number of rotatable bonds is 4. The number of amides is 1. The monoisotopic (exact) mass is 416 g/mol. The maximum Gasteiger partial charge on any atom is 0.277 e. The van der Waals surface area contributed by atoms with Gasteiger partial charge in [0.25, 0.3) is 5.78 Å². The van der Waals surface area contributed by atoms with Gasteiger partial charge in [0.2, 0.25) is 5.91 Å². The Balaban J connectivity index is 1.42. The largest absolute Gasteiger partial charge is 0.363 e. The van der Waals surface area contributed by atoms with Crippen LogP contribution >= 0.6 is 0 Å². The second kappa shape index (κ2) is 7.82. The molecule has 9 heteroatoms. The topological polar surface area (TPSA) is 91.6 Å². The molecule has 31 heavy (non-hydrogen) atoms. The van der Waals surface area contributed by atoms with Gasteiger partial charge in [-0.2, -0.15) is 9.50 Å². The van der Waals surface area contributed by atoms with Crippen LogP contribution in [0, 0.1) is 0 Å². The molecule has 0 spiro atoms. The molecule has 4 aromatic rings. The molecule has 0 saturated carbocycles. The maximum absolute atomic E-state index is 11.6. The van der Waals surface area contributed by atoms with E-state index in [9.17, 15) is 4.79 Å². The van der Waals surface area contributed by atoms with Gasteiger partial charge in [0.05, 0.1) is 0 Å². The van der Waals surface area contributed by atoms with Crippen molar-refractivity contribution in [1.29, 1.82) is 0 Å². The number of fused-ring (bicyclic) bond motifs is 2. The molecule has 1 aliphatic rings. The molecular weight excluding hydrogens is 392 g/mol. The van der Waals surface area contributed by atoms with E-state index in [2.05, 4.69) is 74.0 Å². The van der Waals surface area contributed by atoms with Crippen LogP contribution in [0.1, 0.15) is 25.5 Å². The first-order valence-corrected chi connectivity index (χ1v) is 10.4. The molecule has 9 nitrogen and oxygen atoms in total.